The fourth-order valence-corrected chi connectivity index (χ4v) is 0.259. The molecule has 0 aliphatic heterocycles. The van der Waals surface area contributed by atoms with Gasteiger partial charge in [-0.3, -0.25) is 0 Å². The van der Waals surface area contributed by atoms with Crippen LogP contribution in [0.4, 0.5) is 0 Å². The van der Waals surface area contributed by atoms with E-state index in [-0.39, 0.29) is 13.2 Å². The van der Waals surface area contributed by atoms with Gasteiger partial charge in [-0.2, -0.15) is 0 Å². The van der Waals surface area contributed by atoms with Gasteiger partial charge >= 0.3 is 0 Å². The number of ether oxygens (including phenoxy) is 1. The Morgan fingerprint density at radius 1 is 1.42 bits per heavy atom. The molecule has 0 radical (unpaired) electrons. The fourth-order valence-electron chi connectivity index (χ4n) is 0.259. The van der Waals surface area contributed by atoms with Crippen LogP contribution in [0.1, 0.15) is 6.92 Å². The standard InChI is InChI=1S/C5H10O.C3H8O3/c1-3-5-6-4-2;4-1-3(6)2-5/h3H,1,4-5H2,2H3;3-6H,1-2H2. The molecule has 0 aliphatic rings. The minimum absolute atomic E-state index is 0.365. The first kappa shape index (κ1) is 14.1. The Balaban J connectivity index is 0. The molecule has 0 aliphatic carbocycles. The molecular weight excluding hydrogens is 160 g/mol. The third kappa shape index (κ3) is 16.3. The Kier molecular flexibility index (Phi) is 15.5. The van der Waals surface area contributed by atoms with Crippen molar-refractivity contribution in [1.29, 1.82) is 0 Å². The van der Waals surface area contributed by atoms with Gasteiger partial charge in [-0.15, -0.1) is 6.58 Å². The Bertz CT molecular complexity index is 81.1. The van der Waals surface area contributed by atoms with Crippen molar-refractivity contribution < 1.29 is 20.1 Å². The molecule has 0 atom stereocenters. The van der Waals surface area contributed by atoms with Crippen LogP contribution in [0.15, 0.2) is 12.7 Å². The zero-order valence-electron chi connectivity index (χ0n) is 7.44. The van der Waals surface area contributed by atoms with Crippen molar-refractivity contribution in [3.05, 3.63) is 12.7 Å². The summed E-state index contributed by atoms with van der Waals surface area (Å²) in [4.78, 5) is 0. The van der Waals surface area contributed by atoms with Gasteiger partial charge in [0, 0.05) is 6.61 Å². The monoisotopic (exact) mass is 178 g/mol. The Morgan fingerprint density at radius 3 is 2.00 bits per heavy atom. The number of hydrogen-bond acceptors (Lipinski definition) is 4. The number of hydrogen-bond donors (Lipinski definition) is 3. The second-order valence-corrected chi connectivity index (χ2v) is 1.97. The van der Waals surface area contributed by atoms with Crippen molar-refractivity contribution >= 4 is 0 Å². The van der Waals surface area contributed by atoms with Gasteiger partial charge in [0.05, 0.1) is 19.8 Å². The molecule has 0 spiro atoms. The minimum Gasteiger partial charge on any atom is -0.394 e. The predicted molar refractivity (Wildman–Crippen MR) is 46.9 cm³/mol. The molecule has 3 N–H and O–H groups in total. The van der Waals surface area contributed by atoms with E-state index in [1.807, 2.05) is 6.92 Å². The van der Waals surface area contributed by atoms with Crippen LogP contribution < -0.4 is 0 Å². The van der Waals surface area contributed by atoms with Crippen molar-refractivity contribution in [1.82, 2.24) is 0 Å². The van der Waals surface area contributed by atoms with Gasteiger partial charge in [0.15, 0.2) is 0 Å². The van der Waals surface area contributed by atoms with E-state index >= 15 is 0 Å². The molecule has 4 heteroatoms. The summed E-state index contributed by atoms with van der Waals surface area (Å²) < 4.78 is 4.86. The second-order valence-electron chi connectivity index (χ2n) is 1.97. The molecule has 74 valence electrons. The molecule has 0 saturated heterocycles. The molecule has 0 unspecified atom stereocenters. The van der Waals surface area contributed by atoms with Crippen molar-refractivity contribution in [3.63, 3.8) is 0 Å². The molecule has 0 rings (SSSR count). The zero-order valence-corrected chi connectivity index (χ0v) is 7.44. The summed E-state index contributed by atoms with van der Waals surface area (Å²) in [6, 6.07) is 0. The molecule has 0 heterocycles. The minimum atomic E-state index is -0.954. The van der Waals surface area contributed by atoms with Gasteiger partial charge in [0.25, 0.3) is 0 Å². The van der Waals surface area contributed by atoms with Crippen LogP contribution in [0.25, 0.3) is 0 Å². The molecule has 0 fully saturated rings. The summed E-state index contributed by atoms with van der Waals surface area (Å²) in [7, 11) is 0. The topological polar surface area (TPSA) is 69.9 Å². The highest BCUT2D eigenvalue weighted by atomic mass is 16.5. The number of rotatable bonds is 5. The Hall–Kier alpha value is -0.420. The van der Waals surface area contributed by atoms with Crippen LogP contribution >= 0.6 is 0 Å². The normalized spacial score (nSPS) is 9.08. The van der Waals surface area contributed by atoms with E-state index in [4.69, 9.17) is 20.1 Å². The van der Waals surface area contributed by atoms with E-state index in [2.05, 4.69) is 6.58 Å². The molecular formula is C8H18O4. The van der Waals surface area contributed by atoms with Crippen molar-refractivity contribution in [2.45, 2.75) is 13.0 Å². The number of aliphatic hydroxyl groups excluding tert-OH is 3. The maximum Gasteiger partial charge on any atom is 0.100 e. The summed E-state index contributed by atoms with van der Waals surface area (Å²) in [5.74, 6) is 0. The van der Waals surface area contributed by atoms with E-state index in [1.54, 1.807) is 6.08 Å². The Labute approximate surface area is 73.1 Å². The highest BCUT2D eigenvalue weighted by molar-refractivity contribution is 4.62. The average molecular weight is 178 g/mol. The quantitative estimate of drug-likeness (QED) is 0.393. The smallest absolute Gasteiger partial charge is 0.100 e. The van der Waals surface area contributed by atoms with E-state index in [0.717, 1.165) is 6.61 Å². The lowest BCUT2D eigenvalue weighted by Crippen LogP contribution is -2.15. The molecule has 4 nitrogen and oxygen atoms in total. The van der Waals surface area contributed by atoms with E-state index < -0.39 is 6.10 Å². The molecule has 0 amide bonds. The lowest BCUT2D eigenvalue weighted by atomic mass is 10.4. The second kappa shape index (κ2) is 13.2. The predicted octanol–water partition coefficient (Wildman–Crippen LogP) is -0.459. The highest BCUT2D eigenvalue weighted by Crippen LogP contribution is 1.71. The number of aliphatic hydroxyl groups is 3. The average Bonchev–Trinajstić information content (AvgIpc) is 2.14. The first-order valence-corrected chi connectivity index (χ1v) is 3.81. The van der Waals surface area contributed by atoms with E-state index in [1.165, 1.54) is 0 Å². The fraction of sp³-hybridized carbons (Fsp3) is 0.750. The van der Waals surface area contributed by atoms with Crippen LogP contribution in [0, 0.1) is 0 Å². The maximum absolute atomic E-state index is 8.17. The van der Waals surface area contributed by atoms with Crippen LogP contribution in [0.2, 0.25) is 0 Å². The van der Waals surface area contributed by atoms with Crippen LogP contribution in [-0.4, -0.2) is 47.9 Å². The zero-order chi connectivity index (χ0) is 9.82. The summed E-state index contributed by atoms with van der Waals surface area (Å²) in [6.45, 7) is 6.17. The van der Waals surface area contributed by atoms with E-state index in [0.29, 0.717) is 6.61 Å². The third-order valence-corrected chi connectivity index (χ3v) is 0.861. The van der Waals surface area contributed by atoms with Gasteiger partial charge in [-0.25, -0.2) is 0 Å². The van der Waals surface area contributed by atoms with Crippen molar-refractivity contribution in [3.8, 4) is 0 Å². The van der Waals surface area contributed by atoms with Gasteiger partial charge in [0.2, 0.25) is 0 Å². The molecule has 0 bridgehead atoms. The molecule has 0 aromatic rings. The van der Waals surface area contributed by atoms with E-state index in [9.17, 15) is 0 Å². The first-order valence-electron chi connectivity index (χ1n) is 3.81. The van der Waals surface area contributed by atoms with Crippen LogP contribution in [0.3, 0.4) is 0 Å². The van der Waals surface area contributed by atoms with Crippen molar-refractivity contribution in [2.75, 3.05) is 26.4 Å². The summed E-state index contributed by atoms with van der Waals surface area (Å²) in [6.07, 6.45) is 0.786. The maximum atomic E-state index is 8.17. The third-order valence-electron chi connectivity index (χ3n) is 0.861. The van der Waals surface area contributed by atoms with Gasteiger partial charge in [0.1, 0.15) is 6.10 Å². The lowest BCUT2D eigenvalue weighted by Gasteiger charge is -1.96. The first-order chi connectivity index (χ1) is 5.72. The van der Waals surface area contributed by atoms with Crippen molar-refractivity contribution in [2.24, 2.45) is 0 Å². The van der Waals surface area contributed by atoms with Crippen LogP contribution in [0.5, 0.6) is 0 Å². The SMILES string of the molecule is C=CCOCC.OCC(O)CO. The van der Waals surface area contributed by atoms with Gasteiger partial charge < -0.3 is 20.1 Å². The Morgan fingerprint density at radius 2 is 1.92 bits per heavy atom. The lowest BCUT2D eigenvalue weighted by molar-refractivity contribution is 0.0450. The molecule has 0 saturated carbocycles. The van der Waals surface area contributed by atoms with Gasteiger partial charge in [-0.1, -0.05) is 6.08 Å². The van der Waals surface area contributed by atoms with Gasteiger partial charge in [-0.05, 0) is 6.92 Å². The largest absolute Gasteiger partial charge is 0.394 e. The van der Waals surface area contributed by atoms with Crippen LogP contribution in [-0.2, 0) is 4.74 Å². The summed E-state index contributed by atoms with van der Waals surface area (Å²) >= 11 is 0. The molecule has 0 aromatic carbocycles. The molecule has 12 heavy (non-hydrogen) atoms. The highest BCUT2D eigenvalue weighted by Gasteiger charge is 1.93. The summed E-state index contributed by atoms with van der Waals surface area (Å²) in [5, 5.41) is 24.0. The molecule has 0 aromatic heterocycles. The summed E-state index contributed by atoms with van der Waals surface area (Å²) in [5.41, 5.74) is 0.